The normalized spacial score (nSPS) is 15.2. The molecule has 1 aliphatic heterocycles. The molecular formula is C22H24ClN3O6S. The Balaban J connectivity index is 1.50. The number of fused-ring (bicyclic) bond motifs is 1. The topological polar surface area (TPSA) is 102 Å². The van der Waals surface area contributed by atoms with Crippen LogP contribution in [0.2, 0.25) is 5.02 Å². The monoisotopic (exact) mass is 493 g/mol. The number of halogens is 1. The summed E-state index contributed by atoms with van der Waals surface area (Å²) in [6.45, 7) is 3.53. The van der Waals surface area contributed by atoms with Crippen LogP contribution in [0.5, 0.6) is 0 Å². The van der Waals surface area contributed by atoms with Gasteiger partial charge in [0.05, 0.1) is 17.0 Å². The van der Waals surface area contributed by atoms with Gasteiger partial charge >= 0.3 is 11.7 Å². The molecule has 0 aliphatic carbocycles. The van der Waals surface area contributed by atoms with Gasteiger partial charge in [0.2, 0.25) is 10.0 Å². The summed E-state index contributed by atoms with van der Waals surface area (Å²) in [4.78, 5) is 26.3. The zero-order valence-corrected chi connectivity index (χ0v) is 19.6. The van der Waals surface area contributed by atoms with Gasteiger partial charge in [0.1, 0.15) is 6.54 Å². The van der Waals surface area contributed by atoms with E-state index >= 15 is 0 Å². The van der Waals surface area contributed by atoms with Crippen molar-refractivity contribution in [1.82, 2.24) is 8.87 Å². The molecule has 0 unspecified atom stereocenters. The van der Waals surface area contributed by atoms with Crippen molar-refractivity contribution in [1.29, 1.82) is 0 Å². The molecule has 4 rings (SSSR count). The summed E-state index contributed by atoms with van der Waals surface area (Å²) in [7, 11) is -3.78. The Kier molecular flexibility index (Phi) is 6.78. The molecule has 0 N–H and O–H groups in total. The number of sulfonamides is 1. The molecule has 0 bridgehead atoms. The highest BCUT2D eigenvalue weighted by molar-refractivity contribution is 7.89. The Bertz CT molecular complexity index is 1310. The van der Waals surface area contributed by atoms with E-state index in [1.807, 2.05) is 19.1 Å². The lowest BCUT2D eigenvalue weighted by atomic mass is 10.2. The minimum Gasteiger partial charge on any atom is -0.464 e. The first-order chi connectivity index (χ1) is 15.8. The Morgan fingerprint density at radius 2 is 1.79 bits per heavy atom. The van der Waals surface area contributed by atoms with Crippen LogP contribution < -0.4 is 10.7 Å². The minimum atomic E-state index is -3.78. The van der Waals surface area contributed by atoms with Gasteiger partial charge in [-0.05, 0) is 42.8 Å². The van der Waals surface area contributed by atoms with Crippen LogP contribution in [-0.2, 0) is 26.1 Å². The van der Waals surface area contributed by atoms with E-state index in [1.165, 1.54) is 22.5 Å². The summed E-state index contributed by atoms with van der Waals surface area (Å²) in [5.41, 5.74) is 1.42. The molecule has 176 valence electrons. The zero-order chi connectivity index (χ0) is 23.6. The van der Waals surface area contributed by atoms with E-state index in [2.05, 4.69) is 4.90 Å². The minimum absolute atomic E-state index is 0.0319. The van der Waals surface area contributed by atoms with Gasteiger partial charge in [0.15, 0.2) is 5.58 Å². The van der Waals surface area contributed by atoms with Crippen molar-refractivity contribution in [2.24, 2.45) is 0 Å². The second-order valence-corrected chi connectivity index (χ2v) is 10.0. The lowest BCUT2D eigenvalue weighted by Gasteiger charge is -2.35. The first-order valence-electron chi connectivity index (χ1n) is 10.6. The van der Waals surface area contributed by atoms with Crippen LogP contribution in [0.3, 0.4) is 0 Å². The number of oxazole rings is 1. The maximum Gasteiger partial charge on any atom is 0.420 e. The van der Waals surface area contributed by atoms with Crippen LogP contribution in [0, 0.1) is 0 Å². The number of carbonyl (C=O) groups excluding carboxylic acids is 1. The molecule has 1 aromatic heterocycles. The average molecular weight is 494 g/mol. The lowest BCUT2D eigenvalue weighted by Crippen LogP contribution is -2.48. The van der Waals surface area contributed by atoms with Gasteiger partial charge in [-0.1, -0.05) is 18.5 Å². The molecule has 0 amide bonds. The standard InChI is InChI=1S/C22H24ClN3O6S/c1-2-13-31-21(27)15-26-19-8-7-18(14-20(19)32-22(26)28)33(29,30)25-11-9-24(10-12-25)17-5-3-16(23)4-6-17/h3-8,14H,2,9-13,15H2,1H3. The molecule has 11 heteroatoms. The summed E-state index contributed by atoms with van der Waals surface area (Å²) < 4.78 is 39.2. The highest BCUT2D eigenvalue weighted by Gasteiger charge is 2.29. The smallest absolute Gasteiger partial charge is 0.420 e. The summed E-state index contributed by atoms with van der Waals surface area (Å²) >= 11 is 5.94. The Hall–Kier alpha value is -2.82. The third-order valence-electron chi connectivity index (χ3n) is 5.46. The van der Waals surface area contributed by atoms with Crippen molar-refractivity contribution >= 4 is 44.4 Å². The summed E-state index contributed by atoms with van der Waals surface area (Å²) in [6.07, 6.45) is 0.669. The van der Waals surface area contributed by atoms with Crippen molar-refractivity contribution in [2.45, 2.75) is 24.8 Å². The van der Waals surface area contributed by atoms with E-state index in [-0.39, 0.29) is 23.6 Å². The molecule has 2 aromatic carbocycles. The number of rotatable bonds is 7. The third kappa shape index (κ3) is 4.92. The highest BCUT2D eigenvalue weighted by Crippen LogP contribution is 2.25. The fraction of sp³-hybridized carbons (Fsp3) is 0.364. The lowest BCUT2D eigenvalue weighted by molar-refractivity contribution is -0.144. The van der Waals surface area contributed by atoms with E-state index in [0.29, 0.717) is 43.1 Å². The second-order valence-electron chi connectivity index (χ2n) is 7.67. The van der Waals surface area contributed by atoms with Gasteiger partial charge in [0.25, 0.3) is 0 Å². The predicted molar refractivity (Wildman–Crippen MR) is 124 cm³/mol. The molecule has 1 saturated heterocycles. The Labute approximate surface area is 196 Å². The van der Waals surface area contributed by atoms with Gasteiger partial charge in [-0.3, -0.25) is 9.36 Å². The molecule has 2 heterocycles. The summed E-state index contributed by atoms with van der Waals surface area (Å²) in [5.74, 6) is -1.30. The number of piperazine rings is 1. The van der Waals surface area contributed by atoms with Crippen molar-refractivity contribution in [2.75, 3.05) is 37.7 Å². The fourth-order valence-corrected chi connectivity index (χ4v) is 5.30. The number of esters is 1. The fourth-order valence-electron chi connectivity index (χ4n) is 3.74. The highest BCUT2D eigenvalue weighted by atomic mass is 35.5. The first-order valence-corrected chi connectivity index (χ1v) is 12.4. The van der Waals surface area contributed by atoms with Gasteiger partial charge < -0.3 is 14.1 Å². The van der Waals surface area contributed by atoms with Crippen LogP contribution in [0.1, 0.15) is 13.3 Å². The van der Waals surface area contributed by atoms with Crippen LogP contribution in [0.4, 0.5) is 5.69 Å². The predicted octanol–water partition coefficient (Wildman–Crippen LogP) is 2.71. The molecule has 0 saturated carbocycles. The average Bonchev–Trinajstić information content (AvgIpc) is 3.12. The van der Waals surface area contributed by atoms with E-state index < -0.39 is 21.7 Å². The van der Waals surface area contributed by atoms with Gasteiger partial charge in [-0.25, -0.2) is 13.2 Å². The Morgan fingerprint density at radius 1 is 1.09 bits per heavy atom. The number of nitrogens with zero attached hydrogens (tertiary/aromatic N) is 3. The van der Waals surface area contributed by atoms with E-state index in [9.17, 15) is 18.0 Å². The molecule has 0 spiro atoms. The van der Waals surface area contributed by atoms with Crippen LogP contribution in [-0.4, -0.2) is 56.0 Å². The molecule has 0 atom stereocenters. The first kappa shape index (κ1) is 23.3. The van der Waals surface area contributed by atoms with Crippen molar-refractivity contribution in [3.63, 3.8) is 0 Å². The number of carbonyl (C=O) groups is 1. The van der Waals surface area contributed by atoms with Crippen LogP contribution in [0.15, 0.2) is 56.6 Å². The van der Waals surface area contributed by atoms with Crippen LogP contribution >= 0.6 is 11.6 Å². The van der Waals surface area contributed by atoms with Gasteiger partial charge in [-0.15, -0.1) is 0 Å². The number of hydrogen-bond acceptors (Lipinski definition) is 7. The zero-order valence-electron chi connectivity index (χ0n) is 18.1. The number of hydrogen-bond donors (Lipinski definition) is 0. The largest absolute Gasteiger partial charge is 0.464 e. The Morgan fingerprint density at radius 3 is 2.45 bits per heavy atom. The molecule has 9 nitrogen and oxygen atoms in total. The number of ether oxygens (including phenoxy) is 1. The number of anilines is 1. The summed E-state index contributed by atoms with van der Waals surface area (Å²) in [6, 6.07) is 11.6. The SMILES string of the molecule is CCCOC(=O)Cn1c(=O)oc2cc(S(=O)(=O)N3CCN(c4ccc(Cl)cc4)CC3)ccc21. The molecule has 3 aromatic rings. The number of aromatic nitrogens is 1. The van der Waals surface area contributed by atoms with Crippen LogP contribution in [0.25, 0.3) is 11.1 Å². The molecule has 0 radical (unpaired) electrons. The molecule has 33 heavy (non-hydrogen) atoms. The van der Waals surface area contributed by atoms with Gasteiger partial charge in [-0.2, -0.15) is 4.31 Å². The molecule has 1 fully saturated rings. The van der Waals surface area contributed by atoms with Gasteiger partial charge in [0, 0.05) is 43.0 Å². The maximum absolute atomic E-state index is 13.2. The molecular weight excluding hydrogens is 470 g/mol. The van der Waals surface area contributed by atoms with E-state index in [4.69, 9.17) is 20.8 Å². The van der Waals surface area contributed by atoms with Crippen molar-refractivity contribution in [3.05, 3.63) is 58.0 Å². The van der Waals surface area contributed by atoms with Crippen molar-refractivity contribution < 1.29 is 22.4 Å². The second kappa shape index (κ2) is 9.58. The molecule has 1 aliphatic rings. The van der Waals surface area contributed by atoms with E-state index in [1.54, 1.807) is 12.1 Å². The third-order valence-corrected chi connectivity index (χ3v) is 7.61. The van der Waals surface area contributed by atoms with Crippen molar-refractivity contribution in [3.8, 4) is 0 Å². The number of benzene rings is 2. The maximum atomic E-state index is 13.2. The quantitative estimate of drug-likeness (QED) is 0.466. The summed E-state index contributed by atoms with van der Waals surface area (Å²) in [5, 5.41) is 0.647. The van der Waals surface area contributed by atoms with E-state index in [0.717, 1.165) is 10.3 Å².